The van der Waals surface area contributed by atoms with Crippen molar-refractivity contribution in [3.8, 4) is 11.4 Å². The SMILES string of the molecule is CCONC(=O)C(=O)NCc1ccc(-c2noc(C(F)(F)F)n2)cc1. The summed E-state index contributed by atoms with van der Waals surface area (Å²) in [6, 6.07) is 6.01. The van der Waals surface area contributed by atoms with Gasteiger partial charge >= 0.3 is 23.9 Å². The number of carbonyl (C=O) groups is 2. The zero-order valence-electron chi connectivity index (χ0n) is 12.9. The molecule has 0 atom stereocenters. The Labute approximate surface area is 139 Å². The zero-order chi connectivity index (χ0) is 18.4. The lowest BCUT2D eigenvalue weighted by atomic mass is 10.1. The van der Waals surface area contributed by atoms with Crippen molar-refractivity contribution < 1.29 is 32.1 Å². The third-order valence-electron chi connectivity index (χ3n) is 2.85. The predicted octanol–water partition coefficient (Wildman–Crippen LogP) is 1.44. The first kappa shape index (κ1) is 18.4. The van der Waals surface area contributed by atoms with Gasteiger partial charge in [-0.05, 0) is 12.5 Å². The molecular weight excluding hydrogens is 345 g/mol. The second-order valence-corrected chi connectivity index (χ2v) is 4.66. The van der Waals surface area contributed by atoms with Crippen LogP contribution in [-0.2, 0) is 27.1 Å². The van der Waals surface area contributed by atoms with E-state index in [2.05, 4.69) is 24.8 Å². The van der Waals surface area contributed by atoms with E-state index in [4.69, 9.17) is 0 Å². The van der Waals surface area contributed by atoms with E-state index in [9.17, 15) is 22.8 Å². The minimum Gasteiger partial charge on any atom is -0.344 e. The highest BCUT2D eigenvalue weighted by Gasteiger charge is 2.38. The van der Waals surface area contributed by atoms with Gasteiger partial charge in [0, 0.05) is 12.1 Å². The second-order valence-electron chi connectivity index (χ2n) is 4.66. The molecule has 0 fully saturated rings. The highest BCUT2D eigenvalue weighted by Crippen LogP contribution is 2.29. The lowest BCUT2D eigenvalue weighted by Crippen LogP contribution is -2.39. The summed E-state index contributed by atoms with van der Waals surface area (Å²) in [6.45, 7) is 1.90. The summed E-state index contributed by atoms with van der Waals surface area (Å²) in [4.78, 5) is 30.6. The molecule has 134 valence electrons. The number of halogens is 3. The number of benzene rings is 1. The van der Waals surface area contributed by atoms with E-state index in [1.54, 1.807) is 19.1 Å². The van der Waals surface area contributed by atoms with Gasteiger partial charge < -0.3 is 9.84 Å². The van der Waals surface area contributed by atoms with E-state index in [1.807, 2.05) is 5.48 Å². The summed E-state index contributed by atoms with van der Waals surface area (Å²) < 4.78 is 41.4. The molecule has 11 heteroatoms. The highest BCUT2D eigenvalue weighted by molar-refractivity contribution is 6.34. The van der Waals surface area contributed by atoms with Crippen LogP contribution in [0.3, 0.4) is 0 Å². The average molecular weight is 358 g/mol. The van der Waals surface area contributed by atoms with E-state index in [-0.39, 0.29) is 19.0 Å². The van der Waals surface area contributed by atoms with Crippen molar-refractivity contribution in [1.82, 2.24) is 20.9 Å². The third-order valence-corrected chi connectivity index (χ3v) is 2.85. The number of hydrogen-bond acceptors (Lipinski definition) is 6. The van der Waals surface area contributed by atoms with Crippen molar-refractivity contribution >= 4 is 11.8 Å². The molecule has 0 spiro atoms. The summed E-state index contributed by atoms with van der Waals surface area (Å²) in [5.41, 5.74) is 2.86. The van der Waals surface area contributed by atoms with Crippen LogP contribution in [0.4, 0.5) is 13.2 Å². The van der Waals surface area contributed by atoms with E-state index >= 15 is 0 Å². The molecule has 0 saturated heterocycles. The van der Waals surface area contributed by atoms with Crippen LogP contribution in [0.15, 0.2) is 28.8 Å². The Morgan fingerprint density at radius 2 is 1.88 bits per heavy atom. The molecule has 2 N–H and O–H groups in total. The maximum absolute atomic E-state index is 12.4. The molecule has 1 aromatic carbocycles. The Hall–Kier alpha value is -2.95. The normalized spacial score (nSPS) is 11.2. The van der Waals surface area contributed by atoms with Crippen LogP contribution in [0.2, 0.25) is 0 Å². The fraction of sp³-hybridized carbons (Fsp3) is 0.286. The summed E-state index contributed by atoms with van der Waals surface area (Å²) in [5.74, 6) is -3.46. The number of hydrogen-bond donors (Lipinski definition) is 2. The molecule has 25 heavy (non-hydrogen) atoms. The van der Waals surface area contributed by atoms with Crippen molar-refractivity contribution in [2.24, 2.45) is 0 Å². The molecular formula is C14H13F3N4O4. The Bertz CT molecular complexity index is 743. The molecule has 1 aromatic heterocycles. The molecule has 2 amide bonds. The van der Waals surface area contributed by atoms with E-state index < -0.39 is 23.9 Å². The van der Waals surface area contributed by atoms with Gasteiger partial charge in [-0.2, -0.15) is 18.2 Å². The van der Waals surface area contributed by atoms with Crippen LogP contribution in [-0.4, -0.2) is 28.6 Å². The molecule has 0 aliphatic rings. The first-order valence-corrected chi connectivity index (χ1v) is 7.01. The molecule has 0 unspecified atom stereocenters. The number of aromatic nitrogens is 2. The maximum atomic E-state index is 12.4. The number of alkyl halides is 3. The average Bonchev–Trinajstić information content (AvgIpc) is 3.08. The van der Waals surface area contributed by atoms with Crippen LogP contribution >= 0.6 is 0 Å². The minimum atomic E-state index is -4.71. The fourth-order valence-corrected chi connectivity index (χ4v) is 1.67. The lowest BCUT2D eigenvalue weighted by molar-refractivity contribution is -0.159. The highest BCUT2D eigenvalue weighted by atomic mass is 19.4. The predicted molar refractivity (Wildman–Crippen MR) is 76.4 cm³/mol. The van der Waals surface area contributed by atoms with Crippen molar-refractivity contribution in [2.75, 3.05) is 6.61 Å². The van der Waals surface area contributed by atoms with Crippen LogP contribution in [0.1, 0.15) is 18.4 Å². The molecule has 8 nitrogen and oxygen atoms in total. The van der Waals surface area contributed by atoms with E-state index in [0.29, 0.717) is 11.1 Å². The van der Waals surface area contributed by atoms with Crippen LogP contribution in [0.25, 0.3) is 11.4 Å². The van der Waals surface area contributed by atoms with Gasteiger partial charge in [-0.1, -0.05) is 29.4 Å². The monoisotopic (exact) mass is 358 g/mol. The number of nitrogens with zero attached hydrogens (tertiary/aromatic N) is 2. The first-order valence-electron chi connectivity index (χ1n) is 7.01. The first-order chi connectivity index (χ1) is 11.8. The largest absolute Gasteiger partial charge is 0.471 e. The Morgan fingerprint density at radius 3 is 2.44 bits per heavy atom. The molecule has 0 aliphatic heterocycles. The molecule has 0 aliphatic carbocycles. The molecule has 0 saturated carbocycles. The Balaban J connectivity index is 1.95. The zero-order valence-corrected chi connectivity index (χ0v) is 12.9. The van der Waals surface area contributed by atoms with Crippen molar-refractivity contribution in [1.29, 1.82) is 0 Å². The minimum absolute atomic E-state index is 0.0404. The Morgan fingerprint density at radius 1 is 1.20 bits per heavy atom. The second kappa shape index (κ2) is 7.75. The third kappa shape index (κ3) is 5.01. The van der Waals surface area contributed by atoms with Gasteiger partial charge in [-0.25, -0.2) is 5.48 Å². The van der Waals surface area contributed by atoms with Crippen LogP contribution in [0.5, 0.6) is 0 Å². The summed E-state index contributed by atoms with van der Waals surface area (Å²) in [7, 11) is 0. The molecule has 2 aromatic rings. The van der Waals surface area contributed by atoms with Gasteiger partial charge in [0.05, 0.1) is 6.61 Å². The quantitative estimate of drug-likeness (QED) is 0.619. The van der Waals surface area contributed by atoms with Gasteiger partial charge in [0.2, 0.25) is 5.82 Å². The van der Waals surface area contributed by atoms with Gasteiger partial charge in [-0.3, -0.25) is 14.4 Å². The number of carbonyl (C=O) groups excluding carboxylic acids is 2. The molecule has 2 rings (SSSR count). The summed E-state index contributed by atoms with van der Waals surface area (Å²) >= 11 is 0. The number of rotatable bonds is 5. The van der Waals surface area contributed by atoms with E-state index in [0.717, 1.165) is 0 Å². The van der Waals surface area contributed by atoms with Gasteiger partial charge in [0.1, 0.15) is 0 Å². The van der Waals surface area contributed by atoms with Crippen LogP contribution < -0.4 is 10.8 Å². The summed E-state index contributed by atoms with van der Waals surface area (Å²) in [5, 5.41) is 5.63. The van der Waals surface area contributed by atoms with Crippen molar-refractivity contribution in [3.63, 3.8) is 0 Å². The van der Waals surface area contributed by atoms with Gasteiger partial charge in [-0.15, -0.1) is 0 Å². The van der Waals surface area contributed by atoms with Crippen LogP contribution in [0, 0.1) is 0 Å². The number of nitrogens with one attached hydrogen (secondary N) is 2. The smallest absolute Gasteiger partial charge is 0.344 e. The topological polar surface area (TPSA) is 106 Å². The number of hydroxylamine groups is 1. The number of amides is 2. The molecule has 0 radical (unpaired) electrons. The van der Waals surface area contributed by atoms with Gasteiger partial charge in [0.25, 0.3) is 0 Å². The molecule has 1 heterocycles. The summed E-state index contributed by atoms with van der Waals surface area (Å²) in [6.07, 6.45) is -4.71. The van der Waals surface area contributed by atoms with Gasteiger partial charge in [0.15, 0.2) is 0 Å². The van der Waals surface area contributed by atoms with Crippen molar-refractivity contribution in [2.45, 2.75) is 19.6 Å². The molecule has 0 bridgehead atoms. The standard InChI is InChI=1S/C14H13F3N4O4/c1-2-24-21-12(23)11(22)18-7-8-3-5-9(6-4-8)10-19-13(25-20-10)14(15,16)17/h3-6H,2,7H2,1H3,(H,18,22)(H,21,23). The maximum Gasteiger partial charge on any atom is 0.471 e. The van der Waals surface area contributed by atoms with Crippen molar-refractivity contribution in [3.05, 3.63) is 35.7 Å². The fourth-order valence-electron chi connectivity index (χ4n) is 1.67. The lowest BCUT2D eigenvalue weighted by Gasteiger charge is -2.06. The van der Waals surface area contributed by atoms with E-state index in [1.165, 1.54) is 12.1 Å². The Kier molecular flexibility index (Phi) is 5.70.